The van der Waals surface area contributed by atoms with Crippen molar-refractivity contribution in [2.75, 3.05) is 13.1 Å². The number of carbonyl (C=O) groups excluding carboxylic acids is 1. The van der Waals surface area contributed by atoms with Crippen LogP contribution >= 0.6 is 11.3 Å². The molecule has 0 unspecified atom stereocenters. The van der Waals surface area contributed by atoms with E-state index in [0.717, 1.165) is 6.42 Å². The van der Waals surface area contributed by atoms with E-state index in [1.165, 1.54) is 17.0 Å². The molecule has 1 aromatic heterocycles. The Hall–Kier alpha value is -2.16. The van der Waals surface area contributed by atoms with Crippen molar-refractivity contribution in [1.82, 2.24) is 5.32 Å². The summed E-state index contributed by atoms with van der Waals surface area (Å²) in [4.78, 5) is 13.1. The molecule has 0 saturated carbocycles. The average molecular weight is 302 g/mol. The van der Waals surface area contributed by atoms with Crippen LogP contribution in [-0.2, 0) is 6.42 Å². The number of halogens is 1. The molecule has 2 aromatic rings. The van der Waals surface area contributed by atoms with Gasteiger partial charge in [-0.1, -0.05) is 17.9 Å². The van der Waals surface area contributed by atoms with Crippen LogP contribution in [-0.4, -0.2) is 19.0 Å². The number of hydrogen-bond donors (Lipinski definition) is 2. The molecule has 0 saturated heterocycles. The molecular weight excluding hydrogens is 287 g/mol. The maximum atomic E-state index is 13.8. The van der Waals surface area contributed by atoms with Gasteiger partial charge in [-0.25, -0.2) is 4.39 Å². The second kappa shape index (κ2) is 7.58. The van der Waals surface area contributed by atoms with Crippen molar-refractivity contribution < 1.29 is 9.18 Å². The molecule has 0 aliphatic heterocycles. The summed E-state index contributed by atoms with van der Waals surface area (Å²) in [6.45, 7) is 0.695. The Morgan fingerprint density at radius 3 is 2.90 bits per heavy atom. The molecule has 0 aliphatic rings. The molecule has 0 radical (unpaired) electrons. The second-order valence-corrected chi connectivity index (χ2v) is 5.32. The van der Waals surface area contributed by atoms with Crippen molar-refractivity contribution >= 4 is 17.2 Å². The second-order valence-electron chi connectivity index (χ2n) is 4.29. The van der Waals surface area contributed by atoms with Crippen LogP contribution < -0.4 is 11.1 Å². The number of thiophene rings is 1. The first-order valence-corrected chi connectivity index (χ1v) is 7.37. The van der Waals surface area contributed by atoms with Crippen LogP contribution in [0.3, 0.4) is 0 Å². The Morgan fingerprint density at radius 1 is 1.38 bits per heavy atom. The lowest BCUT2D eigenvalue weighted by Crippen LogP contribution is -2.25. The minimum absolute atomic E-state index is 0.171. The van der Waals surface area contributed by atoms with Crippen LogP contribution in [0.1, 0.15) is 20.8 Å². The molecule has 108 valence electrons. The number of amides is 1. The summed E-state index contributed by atoms with van der Waals surface area (Å²) in [7, 11) is 0. The monoisotopic (exact) mass is 302 g/mol. The third-order valence-electron chi connectivity index (χ3n) is 2.79. The van der Waals surface area contributed by atoms with E-state index in [-0.39, 0.29) is 23.6 Å². The molecule has 0 atom stereocenters. The van der Waals surface area contributed by atoms with Crippen LogP contribution in [0, 0.1) is 17.7 Å². The fourth-order valence-corrected chi connectivity index (χ4v) is 2.47. The topological polar surface area (TPSA) is 55.1 Å². The highest BCUT2D eigenvalue weighted by Gasteiger charge is 2.08. The zero-order valence-electron chi connectivity index (χ0n) is 11.4. The minimum Gasteiger partial charge on any atom is -0.352 e. The summed E-state index contributed by atoms with van der Waals surface area (Å²) in [6, 6.07) is 8.23. The highest BCUT2D eigenvalue weighted by molar-refractivity contribution is 7.09. The van der Waals surface area contributed by atoms with Gasteiger partial charge in [0.25, 0.3) is 5.91 Å². The summed E-state index contributed by atoms with van der Waals surface area (Å²) in [5, 5.41) is 4.77. The molecule has 1 heterocycles. The van der Waals surface area contributed by atoms with Crippen LogP contribution in [0.25, 0.3) is 0 Å². The molecule has 3 nitrogen and oxygen atoms in total. The number of carbonyl (C=O) groups is 1. The zero-order valence-corrected chi connectivity index (χ0v) is 12.2. The molecule has 3 N–H and O–H groups in total. The van der Waals surface area contributed by atoms with Gasteiger partial charge in [0.05, 0.1) is 12.1 Å². The molecular formula is C16H15FN2OS. The lowest BCUT2D eigenvalue weighted by atomic mass is 10.1. The Bertz CT molecular complexity index is 671. The van der Waals surface area contributed by atoms with Crippen molar-refractivity contribution in [3.63, 3.8) is 0 Å². The number of rotatable bonds is 4. The first-order chi connectivity index (χ1) is 10.2. The number of benzene rings is 1. The summed E-state index contributed by atoms with van der Waals surface area (Å²) >= 11 is 1.65. The lowest BCUT2D eigenvalue weighted by Gasteiger charge is -2.05. The van der Waals surface area contributed by atoms with Crippen LogP contribution in [0.4, 0.5) is 4.39 Å². The van der Waals surface area contributed by atoms with Gasteiger partial charge < -0.3 is 11.1 Å². The van der Waals surface area contributed by atoms with Gasteiger partial charge in [0.15, 0.2) is 0 Å². The molecule has 1 amide bonds. The van der Waals surface area contributed by atoms with Crippen LogP contribution in [0.5, 0.6) is 0 Å². The molecule has 0 bridgehead atoms. The van der Waals surface area contributed by atoms with E-state index in [2.05, 4.69) is 17.2 Å². The van der Waals surface area contributed by atoms with Crippen LogP contribution in [0.15, 0.2) is 35.7 Å². The predicted molar refractivity (Wildman–Crippen MR) is 82.7 cm³/mol. The van der Waals surface area contributed by atoms with Gasteiger partial charge in [-0.3, -0.25) is 4.79 Å². The van der Waals surface area contributed by atoms with E-state index < -0.39 is 5.82 Å². The molecule has 0 spiro atoms. The van der Waals surface area contributed by atoms with Crippen molar-refractivity contribution in [1.29, 1.82) is 0 Å². The van der Waals surface area contributed by atoms with Gasteiger partial charge in [0.2, 0.25) is 0 Å². The van der Waals surface area contributed by atoms with Crippen molar-refractivity contribution in [2.24, 2.45) is 5.73 Å². The Balaban J connectivity index is 1.94. The smallest absolute Gasteiger partial charge is 0.251 e. The van der Waals surface area contributed by atoms with E-state index >= 15 is 0 Å². The third-order valence-corrected chi connectivity index (χ3v) is 3.73. The van der Waals surface area contributed by atoms with Gasteiger partial charge in [-0.2, -0.15) is 0 Å². The SMILES string of the molecule is NCC#Cc1ccc(C(=O)NCCc2cccs2)cc1F. The summed E-state index contributed by atoms with van der Waals surface area (Å²) < 4.78 is 13.8. The van der Waals surface area contributed by atoms with Crippen LogP contribution in [0.2, 0.25) is 0 Å². The largest absolute Gasteiger partial charge is 0.352 e. The van der Waals surface area contributed by atoms with E-state index in [0.29, 0.717) is 6.54 Å². The number of nitrogens with one attached hydrogen (secondary N) is 1. The Labute approximate surface area is 127 Å². The standard InChI is InChI=1S/C16H15FN2OS/c17-15-11-13(6-5-12(15)3-1-8-18)16(20)19-9-7-14-4-2-10-21-14/h2,4-6,10-11H,7-9,18H2,(H,19,20). The summed E-state index contributed by atoms with van der Waals surface area (Å²) in [5.41, 5.74) is 5.78. The highest BCUT2D eigenvalue weighted by Crippen LogP contribution is 2.10. The van der Waals surface area contributed by atoms with Gasteiger partial charge in [0.1, 0.15) is 5.82 Å². The third kappa shape index (κ3) is 4.42. The molecule has 5 heteroatoms. The minimum atomic E-state index is -0.512. The van der Waals surface area contributed by atoms with E-state index in [1.54, 1.807) is 17.4 Å². The highest BCUT2D eigenvalue weighted by atomic mass is 32.1. The maximum absolute atomic E-state index is 13.8. The normalized spacial score (nSPS) is 9.81. The van der Waals surface area contributed by atoms with Crippen molar-refractivity contribution in [2.45, 2.75) is 6.42 Å². The number of hydrogen-bond acceptors (Lipinski definition) is 3. The predicted octanol–water partition coefficient (Wildman–Crippen LogP) is 2.17. The fraction of sp³-hybridized carbons (Fsp3) is 0.188. The van der Waals surface area contributed by atoms with Gasteiger partial charge in [-0.05, 0) is 36.1 Å². The van der Waals surface area contributed by atoms with E-state index in [1.807, 2.05) is 17.5 Å². The summed E-state index contributed by atoms with van der Waals surface area (Å²) in [5.74, 6) is 4.40. The Morgan fingerprint density at radius 2 is 2.24 bits per heavy atom. The fourth-order valence-electron chi connectivity index (χ4n) is 1.76. The van der Waals surface area contributed by atoms with Crippen molar-refractivity contribution in [3.8, 4) is 11.8 Å². The molecule has 0 fully saturated rings. The lowest BCUT2D eigenvalue weighted by molar-refractivity contribution is 0.0953. The van der Waals surface area contributed by atoms with Crippen molar-refractivity contribution in [3.05, 3.63) is 57.5 Å². The summed E-state index contributed by atoms with van der Waals surface area (Å²) in [6.07, 6.45) is 0.770. The van der Waals surface area contributed by atoms with Gasteiger partial charge in [-0.15, -0.1) is 11.3 Å². The molecule has 21 heavy (non-hydrogen) atoms. The van der Waals surface area contributed by atoms with Gasteiger partial charge in [0, 0.05) is 17.0 Å². The molecule has 2 rings (SSSR count). The van der Waals surface area contributed by atoms with Gasteiger partial charge >= 0.3 is 0 Å². The average Bonchev–Trinajstić information content (AvgIpc) is 2.99. The molecule has 1 aromatic carbocycles. The first-order valence-electron chi connectivity index (χ1n) is 6.50. The zero-order chi connectivity index (χ0) is 15.1. The Kier molecular flexibility index (Phi) is 5.50. The molecule has 0 aliphatic carbocycles. The first kappa shape index (κ1) is 15.2. The van der Waals surface area contributed by atoms with E-state index in [9.17, 15) is 9.18 Å². The number of nitrogens with two attached hydrogens (primary N) is 1. The maximum Gasteiger partial charge on any atom is 0.251 e. The van der Waals surface area contributed by atoms with E-state index in [4.69, 9.17) is 5.73 Å². The quantitative estimate of drug-likeness (QED) is 0.851.